The third kappa shape index (κ3) is 2.82. The lowest BCUT2D eigenvalue weighted by atomic mass is 9.99. The van der Waals surface area contributed by atoms with Crippen LogP contribution in [0.25, 0.3) is 5.57 Å². The molecule has 3 rings (SSSR count). The largest absolute Gasteiger partial charge is 0.316 e. The van der Waals surface area contributed by atoms with Crippen LogP contribution in [-0.4, -0.2) is 18.1 Å². The topological polar surface area (TPSA) is 24.9 Å². The Hall–Kier alpha value is -0.570. The summed E-state index contributed by atoms with van der Waals surface area (Å²) >= 11 is 0. The summed E-state index contributed by atoms with van der Waals surface area (Å²) < 4.78 is 0. The third-order valence-electron chi connectivity index (χ3n) is 3.57. The van der Waals surface area contributed by atoms with Crippen molar-refractivity contribution in [3.8, 4) is 0 Å². The van der Waals surface area contributed by atoms with Gasteiger partial charge in [-0.2, -0.15) is 0 Å². The normalized spacial score (nSPS) is 25.6. The number of aromatic nitrogens is 1. The average molecular weight is 273 g/mol. The molecule has 1 N–H and O–H groups in total. The van der Waals surface area contributed by atoms with Crippen LogP contribution in [0.4, 0.5) is 0 Å². The Morgan fingerprint density at radius 1 is 1.24 bits per heavy atom. The van der Waals surface area contributed by atoms with E-state index >= 15 is 0 Å². The van der Waals surface area contributed by atoms with Crippen LogP contribution in [0.2, 0.25) is 0 Å². The molecule has 2 atom stereocenters. The van der Waals surface area contributed by atoms with Crippen molar-refractivity contribution in [1.82, 2.24) is 10.3 Å². The molecule has 0 aromatic carbocycles. The molecule has 0 spiro atoms. The Bertz CT molecular complexity index is 400. The van der Waals surface area contributed by atoms with Crippen LogP contribution in [0.5, 0.6) is 0 Å². The van der Waals surface area contributed by atoms with Gasteiger partial charge < -0.3 is 5.32 Å². The molecule has 94 valence electrons. The molecule has 2 aliphatic rings. The molecule has 1 aromatic heterocycles. The number of allylic oxidation sites excluding steroid dienone is 1. The Morgan fingerprint density at radius 3 is 2.71 bits per heavy atom. The first-order valence-corrected chi connectivity index (χ1v) is 5.67. The van der Waals surface area contributed by atoms with E-state index in [9.17, 15) is 0 Å². The van der Waals surface area contributed by atoms with Gasteiger partial charge >= 0.3 is 0 Å². The van der Waals surface area contributed by atoms with Crippen LogP contribution in [0, 0.1) is 18.8 Å². The number of fused-ring (bicyclic) bond motifs is 1. The van der Waals surface area contributed by atoms with Gasteiger partial charge in [0.05, 0.1) is 0 Å². The lowest BCUT2D eigenvalue weighted by molar-refractivity contribution is 0.536. The first-order chi connectivity index (χ1) is 7.33. The Labute approximate surface area is 115 Å². The molecule has 0 unspecified atom stereocenters. The molecular formula is C13H18Cl2N2. The van der Waals surface area contributed by atoms with E-state index in [1.165, 1.54) is 24.1 Å². The van der Waals surface area contributed by atoms with Gasteiger partial charge in [-0.25, -0.2) is 0 Å². The molecule has 0 saturated carbocycles. The summed E-state index contributed by atoms with van der Waals surface area (Å²) in [5.41, 5.74) is 3.91. The quantitative estimate of drug-likeness (QED) is 0.851. The molecule has 1 fully saturated rings. The lowest BCUT2D eigenvalue weighted by Gasteiger charge is -2.06. The predicted octanol–water partition coefficient (Wildman–Crippen LogP) is 2.86. The molecule has 0 bridgehead atoms. The minimum atomic E-state index is 0. The highest BCUT2D eigenvalue weighted by molar-refractivity contribution is 5.85. The zero-order valence-corrected chi connectivity index (χ0v) is 11.5. The van der Waals surface area contributed by atoms with E-state index < -0.39 is 0 Å². The number of rotatable bonds is 1. The summed E-state index contributed by atoms with van der Waals surface area (Å²) in [5.74, 6) is 1.60. The van der Waals surface area contributed by atoms with Gasteiger partial charge in [0.1, 0.15) is 0 Å². The smallest absolute Gasteiger partial charge is 0.0373 e. The van der Waals surface area contributed by atoms with Crippen molar-refractivity contribution >= 4 is 30.4 Å². The molecule has 4 heteroatoms. The van der Waals surface area contributed by atoms with E-state index in [0.29, 0.717) is 0 Å². The summed E-state index contributed by atoms with van der Waals surface area (Å²) in [5, 5.41) is 3.45. The monoisotopic (exact) mass is 272 g/mol. The number of hydrogen-bond acceptors (Lipinski definition) is 2. The van der Waals surface area contributed by atoms with E-state index in [4.69, 9.17) is 0 Å². The van der Waals surface area contributed by atoms with Gasteiger partial charge in [0.25, 0.3) is 0 Å². The van der Waals surface area contributed by atoms with Crippen LogP contribution in [0.1, 0.15) is 17.7 Å². The molecule has 2 heterocycles. The number of pyridine rings is 1. The molecule has 0 radical (unpaired) electrons. The molecule has 1 aliphatic carbocycles. The van der Waals surface area contributed by atoms with Gasteiger partial charge in [-0.3, -0.25) is 4.98 Å². The van der Waals surface area contributed by atoms with Crippen molar-refractivity contribution in [3.63, 3.8) is 0 Å². The van der Waals surface area contributed by atoms with E-state index in [1.807, 2.05) is 13.1 Å². The summed E-state index contributed by atoms with van der Waals surface area (Å²) in [6.45, 7) is 4.38. The minimum Gasteiger partial charge on any atom is -0.316 e. The fourth-order valence-corrected chi connectivity index (χ4v) is 2.65. The van der Waals surface area contributed by atoms with Gasteiger partial charge in [-0.1, -0.05) is 12.1 Å². The zero-order valence-electron chi connectivity index (χ0n) is 9.85. The van der Waals surface area contributed by atoms with E-state index in [-0.39, 0.29) is 24.8 Å². The molecule has 2 nitrogen and oxygen atoms in total. The second-order valence-electron chi connectivity index (χ2n) is 4.67. The maximum atomic E-state index is 4.36. The molecule has 1 saturated heterocycles. The van der Waals surface area contributed by atoms with E-state index in [2.05, 4.69) is 28.5 Å². The van der Waals surface area contributed by atoms with Crippen molar-refractivity contribution < 1.29 is 0 Å². The Morgan fingerprint density at radius 2 is 2.06 bits per heavy atom. The summed E-state index contributed by atoms with van der Waals surface area (Å²) in [7, 11) is 0. The fourth-order valence-electron chi connectivity index (χ4n) is 2.65. The molecule has 1 aromatic rings. The van der Waals surface area contributed by atoms with Crippen LogP contribution in [0.3, 0.4) is 0 Å². The summed E-state index contributed by atoms with van der Waals surface area (Å²) in [4.78, 5) is 4.36. The van der Waals surface area contributed by atoms with Crippen molar-refractivity contribution in [2.45, 2.75) is 13.3 Å². The molecule has 17 heavy (non-hydrogen) atoms. The van der Waals surface area contributed by atoms with Gasteiger partial charge in [0, 0.05) is 18.4 Å². The summed E-state index contributed by atoms with van der Waals surface area (Å²) in [6.07, 6.45) is 5.68. The average Bonchev–Trinajstić information content (AvgIpc) is 2.78. The van der Waals surface area contributed by atoms with E-state index in [0.717, 1.165) is 24.1 Å². The third-order valence-corrected chi connectivity index (χ3v) is 3.57. The van der Waals surface area contributed by atoms with Crippen LogP contribution in [-0.2, 0) is 0 Å². The van der Waals surface area contributed by atoms with Gasteiger partial charge in [-0.05, 0) is 48.9 Å². The highest BCUT2D eigenvalue weighted by Crippen LogP contribution is 2.37. The number of nitrogens with one attached hydrogen (secondary N) is 1. The van der Waals surface area contributed by atoms with E-state index in [1.54, 1.807) is 0 Å². The zero-order chi connectivity index (χ0) is 10.3. The fraction of sp³-hybridized carbons (Fsp3) is 0.462. The number of nitrogens with zero attached hydrogens (tertiary/aromatic N) is 1. The maximum Gasteiger partial charge on any atom is 0.0373 e. The number of hydrogen-bond donors (Lipinski definition) is 1. The lowest BCUT2D eigenvalue weighted by Crippen LogP contribution is -2.09. The minimum absolute atomic E-state index is 0. The van der Waals surface area contributed by atoms with Crippen molar-refractivity contribution in [2.24, 2.45) is 11.8 Å². The molecular weight excluding hydrogens is 255 g/mol. The maximum absolute atomic E-state index is 4.36. The highest BCUT2D eigenvalue weighted by Gasteiger charge is 2.31. The second-order valence-corrected chi connectivity index (χ2v) is 4.67. The van der Waals surface area contributed by atoms with Gasteiger partial charge in [0.15, 0.2) is 0 Å². The summed E-state index contributed by atoms with van der Waals surface area (Å²) in [6, 6.07) is 4.30. The first-order valence-electron chi connectivity index (χ1n) is 5.67. The van der Waals surface area contributed by atoms with Crippen molar-refractivity contribution in [3.05, 3.63) is 35.7 Å². The molecule has 1 aliphatic heterocycles. The van der Waals surface area contributed by atoms with Crippen molar-refractivity contribution in [2.75, 3.05) is 13.1 Å². The highest BCUT2D eigenvalue weighted by atomic mass is 35.5. The Kier molecular flexibility index (Phi) is 4.99. The van der Waals surface area contributed by atoms with Gasteiger partial charge in [0.2, 0.25) is 0 Å². The van der Waals surface area contributed by atoms with Crippen LogP contribution in [0.15, 0.2) is 24.4 Å². The second kappa shape index (κ2) is 5.85. The predicted molar refractivity (Wildman–Crippen MR) is 75.9 cm³/mol. The van der Waals surface area contributed by atoms with Crippen molar-refractivity contribution in [1.29, 1.82) is 0 Å². The Balaban J connectivity index is 0.000000722. The SMILES string of the molecule is Cc1ccc(C2=C[C@H]3CNC[C@H]3C2)cn1.Cl.Cl. The van der Waals surface area contributed by atoms with Crippen LogP contribution < -0.4 is 5.32 Å². The standard InChI is InChI=1S/C13H16N2.2ClH/c1-9-2-3-10(8-15-9)11-4-12-6-14-7-13(12)5-11;;/h2-4,8,12-14H,5-7H2,1H3;2*1H/t12-,13+;;/m0../s1. The van der Waals surface area contributed by atoms with Gasteiger partial charge in [-0.15, -0.1) is 24.8 Å². The molecule has 0 amide bonds. The number of halogens is 2. The first kappa shape index (κ1) is 14.5. The van der Waals surface area contributed by atoms with Crippen LogP contribution >= 0.6 is 24.8 Å². The number of aryl methyl sites for hydroxylation is 1.